The second-order valence-electron chi connectivity index (χ2n) is 7.68. The second-order valence-corrected chi connectivity index (χ2v) is 7.68. The number of aryl methyl sites for hydroxylation is 1. The normalized spacial score (nSPS) is 21.9. The predicted molar refractivity (Wildman–Crippen MR) is 125 cm³/mol. The van der Waals surface area contributed by atoms with Gasteiger partial charge in [0.15, 0.2) is 5.96 Å². The van der Waals surface area contributed by atoms with Crippen LogP contribution in [0, 0.1) is 12.8 Å². The van der Waals surface area contributed by atoms with Gasteiger partial charge in [-0.2, -0.15) is 0 Å². The van der Waals surface area contributed by atoms with Gasteiger partial charge in [-0.05, 0) is 38.3 Å². The number of morpholine rings is 1. The molecule has 0 saturated carbocycles. The number of nitrogens with zero attached hydrogens (tertiary/aromatic N) is 3. The summed E-state index contributed by atoms with van der Waals surface area (Å²) in [6, 6.07) is 8.20. The lowest BCUT2D eigenvalue weighted by Crippen LogP contribution is -2.44. The molecule has 1 aromatic rings. The third-order valence-corrected chi connectivity index (χ3v) is 5.32. The summed E-state index contributed by atoms with van der Waals surface area (Å²) in [4.78, 5) is 9.40. The molecule has 0 aliphatic carbocycles. The molecule has 6 nitrogen and oxygen atoms in total. The van der Waals surface area contributed by atoms with Crippen LogP contribution in [0.15, 0.2) is 29.3 Å². The van der Waals surface area contributed by atoms with Gasteiger partial charge in [0.25, 0.3) is 0 Å². The van der Waals surface area contributed by atoms with Crippen molar-refractivity contribution in [3.8, 4) is 5.75 Å². The summed E-state index contributed by atoms with van der Waals surface area (Å²) in [7, 11) is 1.86. The van der Waals surface area contributed by atoms with Crippen LogP contribution in [0.3, 0.4) is 0 Å². The van der Waals surface area contributed by atoms with Crippen molar-refractivity contribution >= 4 is 29.9 Å². The smallest absolute Gasteiger partial charge is 0.193 e. The first-order valence-corrected chi connectivity index (χ1v) is 10.1. The van der Waals surface area contributed by atoms with Gasteiger partial charge >= 0.3 is 0 Å². The molecule has 0 bridgehead atoms. The van der Waals surface area contributed by atoms with E-state index in [2.05, 4.69) is 46.1 Å². The molecule has 2 atom stereocenters. The summed E-state index contributed by atoms with van der Waals surface area (Å²) in [5.41, 5.74) is 1.24. The molecule has 1 N–H and O–H groups in total. The summed E-state index contributed by atoms with van der Waals surface area (Å²) in [6.45, 7) is 12.1. The minimum atomic E-state index is 0. The van der Waals surface area contributed by atoms with Crippen molar-refractivity contribution in [2.45, 2.75) is 26.4 Å². The number of nitrogens with one attached hydrogen (secondary N) is 1. The van der Waals surface area contributed by atoms with Gasteiger partial charge in [-0.25, -0.2) is 0 Å². The zero-order chi connectivity index (χ0) is 19.1. The monoisotopic (exact) mass is 502 g/mol. The molecular formula is C21H35IN4O2. The third-order valence-electron chi connectivity index (χ3n) is 5.32. The quantitative estimate of drug-likeness (QED) is 0.368. The number of halogens is 1. The number of aliphatic imine (C=N–C) groups is 1. The molecule has 2 aliphatic rings. The summed E-state index contributed by atoms with van der Waals surface area (Å²) in [5, 5.41) is 3.48. The van der Waals surface area contributed by atoms with Crippen LogP contribution in [0.1, 0.15) is 18.9 Å². The molecule has 2 heterocycles. The Balaban J connectivity index is 0.00000280. The first kappa shape index (κ1) is 23.2. The van der Waals surface area contributed by atoms with Crippen molar-refractivity contribution in [2.75, 3.05) is 59.5 Å². The molecule has 2 fully saturated rings. The molecule has 158 valence electrons. The molecule has 2 aliphatic heterocycles. The fourth-order valence-corrected chi connectivity index (χ4v) is 3.78. The Bertz CT molecular complexity index is 605. The number of hydrogen-bond donors (Lipinski definition) is 1. The van der Waals surface area contributed by atoms with Crippen LogP contribution in [0.2, 0.25) is 0 Å². The average molecular weight is 502 g/mol. The van der Waals surface area contributed by atoms with Crippen molar-refractivity contribution in [3.63, 3.8) is 0 Å². The van der Waals surface area contributed by atoms with Crippen LogP contribution in [-0.2, 0) is 4.74 Å². The topological polar surface area (TPSA) is 49.3 Å². The van der Waals surface area contributed by atoms with E-state index < -0.39 is 0 Å². The number of likely N-dealkylation sites (tertiary alicyclic amines) is 1. The highest BCUT2D eigenvalue weighted by Crippen LogP contribution is 2.18. The molecule has 1 aromatic carbocycles. The van der Waals surface area contributed by atoms with Gasteiger partial charge in [-0.3, -0.25) is 9.89 Å². The van der Waals surface area contributed by atoms with Gasteiger partial charge < -0.3 is 19.7 Å². The van der Waals surface area contributed by atoms with E-state index >= 15 is 0 Å². The van der Waals surface area contributed by atoms with E-state index in [1.165, 1.54) is 18.5 Å². The van der Waals surface area contributed by atoms with E-state index in [0.29, 0.717) is 5.92 Å². The van der Waals surface area contributed by atoms with E-state index in [4.69, 9.17) is 9.47 Å². The maximum Gasteiger partial charge on any atom is 0.193 e. The zero-order valence-electron chi connectivity index (χ0n) is 17.4. The fourth-order valence-electron chi connectivity index (χ4n) is 3.78. The van der Waals surface area contributed by atoms with Gasteiger partial charge in [0.2, 0.25) is 0 Å². The van der Waals surface area contributed by atoms with Crippen molar-refractivity contribution in [3.05, 3.63) is 29.8 Å². The molecule has 3 rings (SSSR count). The number of guanidine groups is 1. The minimum absolute atomic E-state index is 0. The van der Waals surface area contributed by atoms with Gasteiger partial charge in [-0.1, -0.05) is 17.7 Å². The number of benzene rings is 1. The number of ether oxygens (including phenoxy) is 2. The highest BCUT2D eigenvalue weighted by atomic mass is 127. The molecule has 28 heavy (non-hydrogen) atoms. The zero-order valence-corrected chi connectivity index (χ0v) is 19.7. The standard InChI is InChI=1S/C21H34N4O2.HI/c1-17-4-6-20(7-5-17)27-18(2)14-23-21(22-3)25-9-8-19(16-25)15-24-10-12-26-13-11-24;/h4-7,18-19H,8-16H2,1-3H3,(H,22,23);1H. The lowest BCUT2D eigenvalue weighted by Gasteiger charge is -2.29. The van der Waals surface area contributed by atoms with E-state index in [-0.39, 0.29) is 30.1 Å². The maximum atomic E-state index is 5.99. The molecule has 0 spiro atoms. The van der Waals surface area contributed by atoms with Crippen LogP contribution < -0.4 is 10.1 Å². The van der Waals surface area contributed by atoms with Crippen molar-refractivity contribution in [1.29, 1.82) is 0 Å². The Morgan fingerprint density at radius 1 is 1.25 bits per heavy atom. The fraction of sp³-hybridized carbons (Fsp3) is 0.667. The molecular weight excluding hydrogens is 467 g/mol. The van der Waals surface area contributed by atoms with Crippen LogP contribution in [-0.4, -0.2) is 81.4 Å². The van der Waals surface area contributed by atoms with Crippen molar-refractivity contribution in [1.82, 2.24) is 15.1 Å². The van der Waals surface area contributed by atoms with Crippen molar-refractivity contribution < 1.29 is 9.47 Å². The molecule has 7 heteroatoms. The van der Waals surface area contributed by atoms with Crippen LogP contribution in [0.4, 0.5) is 0 Å². The molecule has 0 aromatic heterocycles. The minimum Gasteiger partial charge on any atom is -0.489 e. The van der Waals surface area contributed by atoms with Gasteiger partial charge in [0.1, 0.15) is 11.9 Å². The molecule has 0 radical (unpaired) electrons. The van der Waals surface area contributed by atoms with Gasteiger partial charge in [0.05, 0.1) is 19.8 Å². The highest BCUT2D eigenvalue weighted by Gasteiger charge is 2.27. The number of rotatable bonds is 6. The first-order chi connectivity index (χ1) is 13.1. The second kappa shape index (κ2) is 11.8. The van der Waals surface area contributed by atoms with Gasteiger partial charge in [0, 0.05) is 39.8 Å². The third kappa shape index (κ3) is 7.08. The number of hydrogen-bond acceptors (Lipinski definition) is 4. The molecule has 0 amide bonds. The highest BCUT2D eigenvalue weighted by molar-refractivity contribution is 14.0. The Hall–Kier alpha value is -1.06. The van der Waals surface area contributed by atoms with E-state index in [0.717, 1.165) is 57.6 Å². The van der Waals surface area contributed by atoms with Gasteiger partial charge in [-0.15, -0.1) is 24.0 Å². The average Bonchev–Trinajstić information content (AvgIpc) is 3.13. The lowest BCUT2D eigenvalue weighted by molar-refractivity contribution is 0.0315. The van der Waals surface area contributed by atoms with Crippen LogP contribution in [0.25, 0.3) is 0 Å². The lowest BCUT2D eigenvalue weighted by atomic mass is 10.1. The Morgan fingerprint density at radius 3 is 2.64 bits per heavy atom. The maximum absolute atomic E-state index is 5.99. The Kier molecular flexibility index (Phi) is 9.81. The molecule has 2 saturated heterocycles. The summed E-state index contributed by atoms with van der Waals surface area (Å²) in [5.74, 6) is 2.61. The largest absolute Gasteiger partial charge is 0.489 e. The van der Waals surface area contributed by atoms with Crippen LogP contribution >= 0.6 is 24.0 Å². The molecule has 2 unspecified atom stereocenters. The van der Waals surface area contributed by atoms with Crippen molar-refractivity contribution in [2.24, 2.45) is 10.9 Å². The summed E-state index contributed by atoms with van der Waals surface area (Å²) >= 11 is 0. The van der Waals surface area contributed by atoms with E-state index in [1.54, 1.807) is 0 Å². The Labute approximate surface area is 186 Å². The van der Waals surface area contributed by atoms with E-state index in [1.807, 2.05) is 19.2 Å². The van der Waals surface area contributed by atoms with E-state index in [9.17, 15) is 0 Å². The summed E-state index contributed by atoms with van der Waals surface area (Å²) < 4.78 is 11.4. The van der Waals surface area contributed by atoms with Crippen LogP contribution in [0.5, 0.6) is 5.75 Å². The SMILES string of the molecule is CN=C(NCC(C)Oc1ccc(C)cc1)N1CCC(CN2CCOCC2)C1.I. The summed E-state index contributed by atoms with van der Waals surface area (Å²) in [6.07, 6.45) is 1.31. The predicted octanol–water partition coefficient (Wildman–Crippen LogP) is 2.61. The Morgan fingerprint density at radius 2 is 1.96 bits per heavy atom. The first-order valence-electron chi connectivity index (χ1n) is 10.1.